The van der Waals surface area contributed by atoms with Crippen LogP contribution in [0.5, 0.6) is 0 Å². The third-order valence-electron chi connectivity index (χ3n) is 4.42. The van der Waals surface area contributed by atoms with Gasteiger partial charge in [0.2, 0.25) is 0 Å². The van der Waals surface area contributed by atoms with Crippen LogP contribution in [0.15, 0.2) is 52.8 Å². The molecule has 0 atom stereocenters. The zero-order valence-corrected chi connectivity index (χ0v) is 16.8. The number of aliphatic carboxylic acids is 2. The maximum atomic E-state index is 11.0. The van der Waals surface area contributed by atoms with E-state index in [4.69, 9.17) is 25.5 Å². The third-order valence-corrected chi connectivity index (χ3v) is 4.42. The van der Waals surface area contributed by atoms with Gasteiger partial charge >= 0.3 is 11.9 Å². The summed E-state index contributed by atoms with van der Waals surface area (Å²) < 4.78 is 5.69. The summed E-state index contributed by atoms with van der Waals surface area (Å²) in [6, 6.07) is 12.0. The lowest BCUT2D eigenvalue weighted by atomic mass is 9.94. The van der Waals surface area contributed by atoms with Crippen molar-refractivity contribution in [3.63, 3.8) is 0 Å². The van der Waals surface area contributed by atoms with Gasteiger partial charge in [0.1, 0.15) is 42.5 Å². The Morgan fingerprint density at radius 3 is 2.03 bits per heavy atom. The molecule has 0 saturated carbocycles. The molecule has 2 N–H and O–H groups in total. The van der Waals surface area contributed by atoms with Crippen LogP contribution in [0.25, 0.3) is 6.08 Å². The van der Waals surface area contributed by atoms with Gasteiger partial charge in [-0.2, -0.15) is 15.8 Å². The zero-order valence-electron chi connectivity index (χ0n) is 16.8. The quantitative estimate of drug-likeness (QED) is 0.635. The molecule has 31 heavy (non-hydrogen) atoms. The molecule has 0 aromatic heterocycles. The van der Waals surface area contributed by atoms with E-state index >= 15 is 0 Å². The Kier molecular flexibility index (Phi) is 6.82. The zero-order chi connectivity index (χ0) is 23.2. The number of nitriles is 3. The number of carboxylic acid groups (broad SMARTS) is 2. The summed E-state index contributed by atoms with van der Waals surface area (Å²) in [7, 11) is 0. The maximum Gasteiger partial charge on any atom is 0.323 e. The Bertz CT molecular complexity index is 1090. The Morgan fingerprint density at radius 2 is 1.58 bits per heavy atom. The molecule has 0 bridgehead atoms. The van der Waals surface area contributed by atoms with E-state index in [2.05, 4.69) is 0 Å². The fourth-order valence-electron chi connectivity index (χ4n) is 3.02. The monoisotopic (exact) mass is 418 g/mol. The number of allylic oxidation sites excluding steroid dienone is 2. The van der Waals surface area contributed by atoms with Crippen LogP contribution >= 0.6 is 0 Å². The number of nitrogens with zero attached hydrogens (tertiary/aromatic N) is 4. The van der Waals surface area contributed by atoms with Crippen LogP contribution in [0.2, 0.25) is 0 Å². The molecule has 0 radical (unpaired) electrons. The molecule has 0 unspecified atom stereocenters. The number of rotatable bonds is 7. The number of carboxylic acids is 2. The third kappa shape index (κ3) is 5.29. The minimum absolute atomic E-state index is 0.0505. The highest BCUT2D eigenvalue weighted by Crippen LogP contribution is 2.40. The van der Waals surface area contributed by atoms with Gasteiger partial charge in [-0.3, -0.25) is 9.59 Å². The van der Waals surface area contributed by atoms with Gasteiger partial charge in [0.15, 0.2) is 11.3 Å². The van der Waals surface area contributed by atoms with E-state index in [0.29, 0.717) is 16.8 Å². The number of carbonyl (C=O) groups is 2. The largest absolute Gasteiger partial charge is 0.480 e. The molecule has 1 aliphatic rings. The van der Waals surface area contributed by atoms with Crippen LogP contribution in [0.3, 0.4) is 0 Å². The maximum absolute atomic E-state index is 11.0. The van der Waals surface area contributed by atoms with Crippen LogP contribution < -0.4 is 4.90 Å². The Balaban J connectivity index is 2.38. The summed E-state index contributed by atoms with van der Waals surface area (Å²) in [4.78, 5) is 23.2. The Morgan fingerprint density at radius 1 is 1.03 bits per heavy atom. The SMILES string of the molecule is CC1(C)OC(=C(C#N)C#N)C(C#N)=C1/C=C\c1ccc(N(CC(=O)O)CC(=O)O)cc1. The fraction of sp³-hybridized carbons (Fsp3) is 0.227. The van der Waals surface area contributed by atoms with E-state index in [1.165, 1.54) is 4.90 Å². The number of ether oxygens (including phenoxy) is 1. The van der Waals surface area contributed by atoms with Gasteiger partial charge in [0, 0.05) is 11.3 Å². The highest BCUT2D eigenvalue weighted by Gasteiger charge is 2.38. The molecule has 0 fully saturated rings. The van der Waals surface area contributed by atoms with Gasteiger partial charge in [-0.15, -0.1) is 0 Å². The summed E-state index contributed by atoms with van der Waals surface area (Å²) in [5.74, 6) is -2.35. The van der Waals surface area contributed by atoms with Crippen molar-refractivity contribution in [2.24, 2.45) is 0 Å². The van der Waals surface area contributed by atoms with Crippen LogP contribution in [-0.4, -0.2) is 40.8 Å². The molecule has 0 spiro atoms. The van der Waals surface area contributed by atoms with Crippen LogP contribution in [0, 0.1) is 34.0 Å². The van der Waals surface area contributed by atoms with Crippen LogP contribution in [0.1, 0.15) is 19.4 Å². The average molecular weight is 418 g/mol. The standard InChI is InChI=1S/C22H18N4O5/c1-22(2)18(17(11-25)21(31-22)15(9-23)10-24)8-5-14-3-6-16(7-4-14)26(12-19(27)28)13-20(29)30/h3-8H,12-13H2,1-2H3,(H,27,28)(H,29,30)/b8-5-. The second-order valence-electron chi connectivity index (χ2n) is 7.01. The normalized spacial score (nSPS) is 14.4. The number of hydrogen-bond acceptors (Lipinski definition) is 7. The summed E-state index contributed by atoms with van der Waals surface area (Å²) in [6.45, 7) is 2.51. The van der Waals surface area contributed by atoms with E-state index in [1.54, 1.807) is 62.4 Å². The molecule has 1 heterocycles. The van der Waals surface area contributed by atoms with Gasteiger partial charge < -0.3 is 19.8 Å². The fourth-order valence-corrected chi connectivity index (χ4v) is 3.02. The van der Waals surface area contributed by atoms with Gasteiger partial charge in [0.05, 0.1) is 0 Å². The molecule has 0 aliphatic carbocycles. The van der Waals surface area contributed by atoms with Gasteiger partial charge in [-0.1, -0.05) is 24.3 Å². The number of benzene rings is 1. The first-order valence-electron chi connectivity index (χ1n) is 8.98. The smallest absolute Gasteiger partial charge is 0.323 e. The van der Waals surface area contributed by atoms with Crippen LogP contribution in [-0.2, 0) is 14.3 Å². The van der Waals surface area contributed by atoms with E-state index in [9.17, 15) is 14.9 Å². The second kappa shape index (κ2) is 9.30. The predicted octanol–water partition coefficient (Wildman–Crippen LogP) is 2.61. The van der Waals surface area contributed by atoms with Crippen molar-refractivity contribution >= 4 is 23.7 Å². The second-order valence-corrected chi connectivity index (χ2v) is 7.01. The molecule has 156 valence electrons. The van der Waals surface area contributed by atoms with Crippen molar-refractivity contribution in [1.82, 2.24) is 0 Å². The van der Waals surface area contributed by atoms with E-state index in [-0.39, 0.29) is 16.9 Å². The lowest BCUT2D eigenvalue weighted by Crippen LogP contribution is -2.34. The molecule has 1 aromatic carbocycles. The lowest BCUT2D eigenvalue weighted by molar-refractivity contribution is -0.136. The van der Waals surface area contributed by atoms with E-state index in [0.717, 1.165) is 0 Å². The summed E-state index contributed by atoms with van der Waals surface area (Å²) in [6.07, 6.45) is 3.35. The summed E-state index contributed by atoms with van der Waals surface area (Å²) in [5.41, 5.74) is 0.513. The lowest BCUT2D eigenvalue weighted by Gasteiger charge is -2.21. The molecule has 9 heteroatoms. The van der Waals surface area contributed by atoms with Crippen molar-refractivity contribution < 1.29 is 24.5 Å². The van der Waals surface area contributed by atoms with Crippen molar-refractivity contribution in [3.05, 3.63) is 58.4 Å². The molecule has 9 nitrogen and oxygen atoms in total. The Hall–Kier alpha value is -4.55. The first-order chi connectivity index (χ1) is 14.6. The first kappa shape index (κ1) is 22.7. The minimum atomic E-state index is -1.15. The minimum Gasteiger partial charge on any atom is -0.480 e. The van der Waals surface area contributed by atoms with Crippen LogP contribution in [0.4, 0.5) is 5.69 Å². The highest BCUT2D eigenvalue weighted by atomic mass is 16.5. The van der Waals surface area contributed by atoms with Gasteiger partial charge in [0.25, 0.3) is 0 Å². The molecule has 0 amide bonds. The molecular formula is C22H18N4O5. The average Bonchev–Trinajstić information content (AvgIpc) is 2.96. The highest BCUT2D eigenvalue weighted by molar-refractivity contribution is 5.79. The topological polar surface area (TPSA) is 158 Å². The molecule has 2 rings (SSSR count). The van der Waals surface area contributed by atoms with Crippen molar-refractivity contribution in [2.45, 2.75) is 19.4 Å². The van der Waals surface area contributed by atoms with Gasteiger partial charge in [-0.25, -0.2) is 0 Å². The van der Waals surface area contributed by atoms with Crippen molar-refractivity contribution in [3.8, 4) is 18.2 Å². The molecule has 0 saturated heterocycles. The van der Waals surface area contributed by atoms with Crippen molar-refractivity contribution in [1.29, 1.82) is 15.8 Å². The molecule has 1 aromatic rings. The summed E-state index contributed by atoms with van der Waals surface area (Å²) in [5, 5.41) is 45.7. The molecular weight excluding hydrogens is 400 g/mol. The predicted molar refractivity (Wildman–Crippen MR) is 109 cm³/mol. The molecule has 1 aliphatic heterocycles. The number of anilines is 1. The number of hydrogen-bond donors (Lipinski definition) is 2. The Labute approximate surface area is 178 Å². The summed E-state index contributed by atoms with van der Waals surface area (Å²) >= 11 is 0. The van der Waals surface area contributed by atoms with E-state index < -0.39 is 30.6 Å². The van der Waals surface area contributed by atoms with Gasteiger partial charge in [-0.05, 0) is 31.5 Å². The van der Waals surface area contributed by atoms with E-state index in [1.807, 2.05) is 6.07 Å². The van der Waals surface area contributed by atoms with Crippen molar-refractivity contribution in [2.75, 3.05) is 18.0 Å². The first-order valence-corrected chi connectivity index (χ1v) is 8.98.